The van der Waals surface area contributed by atoms with E-state index >= 15 is 0 Å². The third kappa shape index (κ3) is 7.79. The van der Waals surface area contributed by atoms with Crippen LogP contribution in [-0.2, 0) is 4.79 Å². The molecule has 3 nitrogen and oxygen atoms in total. The minimum absolute atomic E-state index is 0.0493. The number of nitrogens with zero attached hydrogens (tertiary/aromatic N) is 1. The molecule has 0 bridgehead atoms. The van der Waals surface area contributed by atoms with Gasteiger partial charge >= 0.3 is 0 Å². The second kappa shape index (κ2) is 8.72. The van der Waals surface area contributed by atoms with Gasteiger partial charge in [-0.25, -0.2) is 4.39 Å². The van der Waals surface area contributed by atoms with Gasteiger partial charge in [0.25, 0.3) is 0 Å². The summed E-state index contributed by atoms with van der Waals surface area (Å²) in [7, 11) is 0. The third-order valence-electron chi connectivity index (χ3n) is 4.23. The van der Waals surface area contributed by atoms with E-state index in [0.29, 0.717) is 44.8 Å². The molecule has 0 aliphatic carbocycles. The lowest BCUT2D eigenvalue weighted by atomic mass is 9.87. The fraction of sp³-hybridized carbons (Fsp3) is 0.941. The number of amides is 1. The zero-order valence-corrected chi connectivity index (χ0v) is 14.3. The van der Waals surface area contributed by atoms with Crippen molar-refractivity contribution >= 4 is 5.91 Å². The lowest BCUT2D eigenvalue weighted by Crippen LogP contribution is -2.46. The van der Waals surface area contributed by atoms with Gasteiger partial charge in [0.1, 0.15) is 5.67 Å². The second-order valence-electron chi connectivity index (χ2n) is 7.29. The van der Waals surface area contributed by atoms with E-state index < -0.39 is 5.67 Å². The summed E-state index contributed by atoms with van der Waals surface area (Å²) in [6.45, 7) is 10.1. The van der Waals surface area contributed by atoms with Crippen molar-refractivity contribution in [2.24, 2.45) is 5.92 Å². The van der Waals surface area contributed by atoms with Crippen molar-refractivity contribution in [2.45, 2.75) is 77.9 Å². The fourth-order valence-corrected chi connectivity index (χ4v) is 2.93. The van der Waals surface area contributed by atoms with E-state index in [1.54, 1.807) is 0 Å². The molecule has 1 amide bonds. The van der Waals surface area contributed by atoms with Crippen molar-refractivity contribution in [2.75, 3.05) is 19.6 Å². The maximum absolute atomic E-state index is 14.7. The summed E-state index contributed by atoms with van der Waals surface area (Å²) >= 11 is 0. The van der Waals surface area contributed by atoms with E-state index in [1.807, 2.05) is 13.8 Å². The van der Waals surface area contributed by atoms with Crippen molar-refractivity contribution in [1.29, 1.82) is 0 Å². The summed E-state index contributed by atoms with van der Waals surface area (Å²) in [5.74, 6) is 0.759. The Morgan fingerprint density at radius 3 is 2.33 bits per heavy atom. The summed E-state index contributed by atoms with van der Waals surface area (Å²) < 4.78 is 14.7. The van der Waals surface area contributed by atoms with Crippen LogP contribution in [0.25, 0.3) is 0 Å². The molecule has 21 heavy (non-hydrogen) atoms. The summed E-state index contributed by atoms with van der Waals surface area (Å²) in [6.07, 6.45) is 5.14. The number of piperidine rings is 1. The summed E-state index contributed by atoms with van der Waals surface area (Å²) in [6, 6.07) is 0.170. The lowest BCUT2D eigenvalue weighted by Gasteiger charge is -2.36. The van der Waals surface area contributed by atoms with Crippen LogP contribution in [0.2, 0.25) is 0 Å². The molecule has 1 N–H and O–H groups in total. The number of alkyl halides is 1. The zero-order valence-electron chi connectivity index (χ0n) is 14.3. The summed E-state index contributed by atoms with van der Waals surface area (Å²) in [5.41, 5.74) is -0.998. The van der Waals surface area contributed by atoms with Crippen molar-refractivity contribution in [3.63, 3.8) is 0 Å². The molecule has 4 heteroatoms. The van der Waals surface area contributed by atoms with Gasteiger partial charge < -0.3 is 5.32 Å². The Balaban J connectivity index is 2.22. The van der Waals surface area contributed by atoms with Crippen LogP contribution >= 0.6 is 0 Å². The highest BCUT2D eigenvalue weighted by Crippen LogP contribution is 2.32. The molecular formula is C17H33FN2O. The Kier molecular flexibility index (Phi) is 7.64. The molecule has 1 fully saturated rings. The van der Waals surface area contributed by atoms with Crippen molar-refractivity contribution in [3.8, 4) is 0 Å². The summed E-state index contributed by atoms with van der Waals surface area (Å²) in [4.78, 5) is 13.8. The summed E-state index contributed by atoms with van der Waals surface area (Å²) in [5, 5.41) is 2.89. The van der Waals surface area contributed by atoms with Crippen molar-refractivity contribution in [1.82, 2.24) is 10.2 Å². The largest absolute Gasteiger partial charge is 0.353 e. The molecule has 1 saturated heterocycles. The van der Waals surface area contributed by atoms with Gasteiger partial charge in [0.2, 0.25) is 5.91 Å². The smallest absolute Gasteiger partial charge is 0.234 e. The van der Waals surface area contributed by atoms with Gasteiger partial charge in [-0.3, -0.25) is 9.69 Å². The van der Waals surface area contributed by atoms with Gasteiger partial charge in [-0.1, -0.05) is 33.1 Å². The van der Waals surface area contributed by atoms with E-state index in [0.717, 1.165) is 12.8 Å². The molecule has 0 aromatic heterocycles. The van der Waals surface area contributed by atoms with E-state index in [-0.39, 0.29) is 11.9 Å². The number of unbranched alkanes of at least 4 members (excludes halogenated alkanes) is 1. The van der Waals surface area contributed by atoms with Gasteiger partial charge in [0.05, 0.1) is 6.54 Å². The number of rotatable bonds is 8. The molecule has 1 rings (SSSR count). The van der Waals surface area contributed by atoms with E-state index in [4.69, 9.17) is 0 Å². The van der Waals surface area contributed by atoms with Gasteiger partial charge in [-0.2, -0.15) is 0 Å². The minimum Gasteiger partial charge on any atom is -0.353 e. The minimum atomic E-state index is -0.998. The quantitative estimate of drug-likeness (QED) is 0.696. The molecule has 1 heterocycles. The molecule has 0 radical (unpaired) electrons. The highest BCUT2D eigenvalue weighted by Gasteiger charge is 2.34. The van der Waals surface area contributed by atoms with E-state index in [9.17, 15) is 9.18 Å². The van der Waals surface area contributed by atoms with E-state index in [2.05, 4.69) is 24.1 Å². The van der Waals surface area contributed by atoms with Crippen LogP contribution in [0.3, 0.4) is 0 Å². The first kappa shape index (κ1) is 18.4. The van der Waals surface area contributed by atoms with Crippen LogP contribution in [0.4, 0.5) is 4.39 Å². The zero-order chi connectivity index (χ0) is 15.9. The number of carbonyl (C=O) groups excluding carboxylic acids is 1. The molecule has 124 valence electrons. The maximum atomic E-state index is 14.7. The first-order valence-corrected chi connectivity index (χ1v) is 8.51. The molecule has 0 atom stereocenters. The molecular weight excluding hydrogens is 267 g/mol. The molecule has 1 aliphatic heterocycles. The van der Waals surface area contributed by atoms with Crippen molar-refractivity contribution in [3.05, 3.63) is 0 Å². The monoisotopic (exact) mass is 300 g/mol. The highest BCUT2D eigenvalue weighted by molar-refractivity contribution is 5.78. The Morgan fingerprint density at radius 2 is 1.81 bits per heavy atom. The average molecular weight is 300 g/mol. The third-order valence-corrected chi connectivity index (χ3v) is 4.23. The second-order valence-corrected chi connectivity index (χ2v) is 7.29. The Morgan fingerprint density at radius 1 is 1.19 bits per heavy atom. The van der Waals surface area contributed by atoms with Gasteiger partial charge in [0, 0.05) is 19.1 Å². The number of hydrogen-bond donors (Lipinski definition) is 1. The Labute approximate surface area is 129 Å². The van der Waals surface area contributed by atoms with Crippen LogP contribution in [0, 0.1) is 5.92 Å². The molecule has 0 aromatic rings. The van der Waals surface area contributed by atoms with Crippen LogP contribution in [-0.4, -0.2) is 42.2 Å². The number of likely N-dealkylation sites (tertiary alicyclic amines) is 1. The maximum Gasteiger partial charge on any atom is 0.234 e. The predicted octanol–water partition coefficient (Wildman–Crippen LogP) is 3.53. The van der Waals surface area contributed by atoms with Crippen LogP contribution in [0.1, 0.15) is 66.2 Å². The Hall–Kier alpha value is -0.640. The molecule has 1 aliphatic rings. The first-order chi connectivity index (χ1) is 9.81. The fourth-order valence-electron chi connectivity index (χ4n) is 2.93. The average Bonchev–Trinajstić information content (AvgIpc) is 2.37. The standard InChI is InChI=1S/C17H33FN2O/c1-14(2)7-5-6-8-17(18)9-11-20(12-10-17)13-16(21)19-15(3)4/h14-15H,5-13H2,1-4H3,(H,19,21). The molecule has 0 aromatic carbocycles. The topological polar surface area (TPSA) is 32.3 Å². The lowest BCUT2D eigenvalue weighted by molar-refractivity contribution is -0.123. The van der Waals surface area contributed by atoms with Gasteiger partial charge in [-0.15, -0.1) is 0 Å². The van der Waals surface area contributed by atoms with Crippen LogP contribution in [0.15, 0.2) is 0 Å². The highest BCUT2D eigenvalue weighted by atomic mass is 19.1. The van der Waals surface area contributed by atoms with Crippen LogP contribution in [0.5, 0.6) is 0 Å². The molecule has 0 spiro atoms. The number of nitrogens with one attached hydrogen (secondary N) is 1. The SMILES string of the molecule is CC(C)CCCCC1(F)CCN(CC(=O)NC(C)C)CC1. The van der Waals surface area contributed by atoms with Crippen LogP contribution < -0.4 is 5.32 Å². The van der Waals surface area contributed by atoms with Gasteiger partial charge in [-0.05, 0) is 39.0 Å². The van der Waals surface area contributed by atoms with Gasteiger partial charge in [0.15, 0.2) is 0 Å². The first-order valence-electron chi connectivity index (χ1n) is 8.51. The molecule has 0 unspecified atom stereocenters. The predicted molar refractivity (Wildman–Crippen MR) is 86.1 cm³/mol. The normalized spacial score (nSPS) is 19.2. The number of hydrogen-bond acceptors (Lipinski definition) is 2. The number of carbonyl (C=O) groups is 1. The number of halogens is 1. The van der Waals surface area contributed by atoms with E-state index in [1.165, 1.54) is 6.42 Å². The molecule has 0 saturated carbocycles. The van der Waals surface area contributed by atoms with Crippen molar-refractivity contribution < 1.29 is 9.18 Å². The Bertz CT molecular complexity index is 310.